The van der Waals surface area contributed by atoms with Crippen LogP contribution in [0.1, 0.15) is 54.2 Å². The molecular weight excluding hydrogens is 564 g/mol. The summed E-state index contributed by atoms with van der Waals surface area (Å²) in [5.41, 5.74) is 11.4. The van der Waals surface area contributed by atoms with Crippen LogP contribution in [0.4, 0.5) is 4.79 Å². The number of hydrogen-bond donors (Lipinski definition) is 2. The van der Waals surface area contributed by atoms with E-state index in [1.807, 2.05) is 93.6 Å². The molecule has 45 heavy (non-hydrogen) atoms. The molecule has 2 aromatic heterocycles. The number of ketones is 2. The highest BCUT2D eigenvalue weighted by molar-refractivity contribution is 5.83. The standard InChI is InChI=1S/C21H26N2O3.C16H18N2O/c1-21(2,3)26-20(25)23-13-10-16-4-6-17(7-5-16)14-19(24)15-18-8-11-22-12-9-18;17-8-5-13-1-3-14(4-2-13)11-16(19)12-15-6-9-18-10-7-15/h4-9,11-12H,10,13-15H2,1-3H3,(H,23,25);1-4,6-7,9-10H,5,8,11-12,17H2. The van der Waals surface area contributed by atoms with Crippen LogP contribution in [0.2, 0.25) is 0 Å². The number of carbonyl (C=O) groups excluding carboxylic acids is 3. The molecule has 236 valence electrons. The SMILES string of the molecule is CC(C)(C)OC(=O)NCCc1ccc(CC(=O)Cc2ccncc2)cc1.NCCc1ccc(CC(=O)Cc2ccncc2)cc1. The van der Waals surface area contributed by atoms with Crippen LogP contribution in [0.5, 0.6) is 0 Å². The van der Waals surface area contributed by atoms with Gasteiger partial charge in [0.15, 0.2) is 0 Å². The van der Waals surface area contributed by atoms with Crippen molar-refractivity contribution < 1.29 is 19.1 Å². The van der Waals surface area contributed by atoms with Crippen LogP contribution in [-0.2, 0) is 52.9 Å². The third-order valence-electron chi connectivity index (χ3n) is 6.66. The number of Topliss-reactive ketones (excluding diaryl/α,β-unsaturated/α-hetero) is 2. The predicted molar refractivity (Wildman–Crippen MR) is 177 cm³/mol. The molecule has 2 aromatic carbocycles. The predicted octanol–water partition coefficient (Wildman–Crippen LogP) is 5.44. The Kier molecular flexibility index (Phi) is 14.1. The van der Waals surface area contributed by atoms with Crippen molar-refractivity contribution in [2.24, 2.45) is 5.73 Å². The number of carbonyl (C=O) groups is 3. The van der Waals surface area contributed by atoms with Crippen molar-refractivity contribution in [2.75, 3.05) is 13.1 Å². The van der Waals surface area contributed by atoms with E-state index >= 15 is 0 Å². The van der Waals surface area contributed by atoms with Gasteiger partial charge < -0.3 is 15.8 Å². The minimum atomic E-state index is -0.492. The van der Waals surface area contributed by atoms with E-state index in [0.29, 0.717) is 45.2 Å². The van der Waals surface area contributed by atoms with E-state index in [1.165, 1.54) is 5.56 Å². The Hall–Kier alpha value is -4.69. The van der Waals surface area contributed by atoms with Crippen molar-refractivity contribution >= 4 is 17.7 Å². The maximum absolute atomic E-state index is 12.1. The number of ether oxygens (including phenoxy) is 1. The lowest BCUT2D eigenvalue weighted by Gasteiger charge is -2.19. The Labute approximate surface area is 266 Å². The third kappa shape index (κ3) is 14.6. The first-order valence-electron chi connectivity index (χ1n) is 15.2. The van der Waals surface area contributed by atoms with Gasteiger partial charge in [-0.2, -0.15) is 0 Å². The van der Waals surface area contributed by atoms with E-state index in [-0.39, 0.29) is 11.6 Å². The molecule has 4 rings (SSSR count). The van der Waals surface area contributed by atoms with Crippen molar-refractivity contribution in [3.63, 3.8) is 0 Å². The van der Waals surface area contributed by atoms with E-state index in [1.54, 1.807) is 24.8 Å². The monoisotopic (exact) mass is 608 g/mol. The molecule has 0 fully saturated rings. The molecule has 0 bridgehead atoms. The Balaban J connectivity index is 0.000000257. The number of alkyl carbamates (subject to hydrolysis) is 1. The largest absolute Gasteiger partial charge is 0.444 e. The number of nitrogens with zero attached hydrogens (tertiary/aromatic N) is 2. The highest BCUT2D eigenvalue weighted by Gasteiger charge is 2.15. The minimum Gasteiger partial charge on any atom is -0.444 e. The molecule has 0 aliphatic rings. The van der Waals surface area contributed by atoms with Gasteiger partial charge in [0.1, 0.15) is 17.2 Å². The molecule has 0 aliphatic carbocycles. The summed E-state index contributed by atoms with van der Waals surface area (Å²) in [5.74, 6) is 0.397. The van der Waals surface area contributed by atoms with E-state index in [2.05, 4.69) is 15.3 Å². The number of hydrogen-bond acceptors (Lipinski definition) is 7. The summed E-state index contributed by atoms with van der Waals surface area (Å²) >= 11 is 0. The molecule has 2 heterocycles. The first-order valence-corrected chi connectivity index (χ1v) is 15.2. The molecule has 0 saturated heterocycles. The average molecular weight is 609 g/mol. The van der Waals surface area contributed by atoms with Crippen LogP contribution in [0.25, 0.3) is 0 Å². The van der Waals surface area contributed by atoms with E-state index in [9.17, 15) is 14.4 Å². The zero-order valence-electron chi connectivity index (χ0n) is 26.5. The quantitative estimate of drug-likeness (QED) is 0.207. The van der Waals surface area contributed by atoms with Gasteiger partial charge in [-0.15, -0.1) is 0 Å². The highest BCUT2D eigenvalue weighted by atomic mass is 16.6. The number of nitrogens with two attached hydrogens (primary N) is 1. The molecule has 0 spiro atoms. The highest BCUT2D eigenvalue weighted by Crippen LogP contribution is 2.10. The van der Waals surface area contributed by atoms with Crippen LogP contribution in [0.15, 0.2) is 97.6 Å². The second-order valence-electron chi connectivity index (χ2n) is 11.8. The molecule has 8 heteroatoms. The summed E-state index contributed by atoms with van der Waals surface area (Å²) in [7, 11) is 0. The molecule has 8 nitrogen and oxygen atoms in total. The molecule has 0 saturated carbocycles. The van der Waals surface area contributed by atoms with Gasteiger partial charge in [0.05, 0.1) is 0 Å². The van der Waals surface area contributed by atoms with Gasteiger partial charge in [0.2, 0.25) is 0 Å². The van der Waals surface area contributed by atoms with Crippen LogP contribution in [0.3, 0.4) is 0 Å². The molecule has 1 amide bonds. The van der Waals surface area contributed by atoms with Crippen LogP contribution in [-0.4, -0.2) is 46.3 Å². The van der Waals surface area contributed by atoms with Gasteiger partial charge in [0.25, 0.3) is 0 Å². The number of pyridine rings is 2. The molecule has 0 radical (unpaired) electrons. The fourth-order valence-electron chi connectivity index (χ4n) is 4.47. The third-order valence-corrected chi connectivity index (χ3v) is 6.66. The number of aromatic nitrogens is 2. The van der Waals surface area contributed by atoms with Crippen molar-refractivity contribution in [3.8, 4) is 0 Å². The fourth-order valence-corrected chi connectivity index (χ4v) is 4.47. The smallest absolute Gasteiger partial charge is 0.407 e. The number of benzene rings is 2. The number of rotatable bonds is 13. The lowest BCUT2D eigenvalue weighted by Crippen LogP contribution is -2.33. The summed E-state index contributed by atoms with van der Waals surface area (Å²) in [6, 6.07) is 23.5. The second kappa shape index (κ2) is 18.2. The average Bonchev–Trinajstić information content (AvgIpc) is 3.00. The van der Waals surface area contributed by atoms with E-state index in [0.717, 1.165) is 34.2 Å². The molecule has 4 aromatic rings. The minimum absolute atomic E-state index is 0.176. The van der Waals surface area contributed by atoms with Crippen LogP contribution >= 0.6 is 0 Å². The zero-order chi connectivity index (χ0) is 32.5. The van der Waals surface area contributed by atoms with Crippen molar-refractivity contribution in [1.29, 1.82) is 0 Å². The molecule has 3 N–H and O–H groups in total. The summed E-state index contributed by atoms with van der Waals surface area (Å²) in [4.78, 5) is 43.6. The Morgan fingerprint density at radius 2 is 0.956 bits per heavy atom. The van der Waals surface area contributed by atoms with Crippen molar-refractivity contribution in [1.82, 2.24) is 15.3 Å². The Morgan fingerprint density at radius 1 is 0.600 bits per heavy atom. The van der Waals surface area contributed by atoms with Crippen LogP contribution in [0, 0.1) is 0 Å². The van der Waals surface area contributed by atoms with Crippen molar-refractivity contribution in [2.45, 2.75) is 64.9 Å². The Morgan fingerprint density at radius 3 is 1.33 bits per heavy atom. The maximum Gasteiger partial charge on any atom is 0.407 e. The summed E-state index contributed by atoms with van der Waals surface area (Å²) in [5, 5.41) is 2.74. The summed E-state index contributed by atoms with van der Waals surface area (Å²) in [6.45, 7) is 6.67. The van der Waals surface area contributed by atoms with Crippen molar-refractivity contribution in [3.05, 3.63) is 131 Å². The number of nitrogens with one attached hydrogen (secondary N) is 1. The first kappa shape index (κ1) is 34.8. The van der Waals surface area contributed by atoms with E-state index < -0.39 is 11.7 Å². The van der Waals surface area contributed by atoms with Gasteiger partial charge in [-0.05, 0) is 97.8 Å². The molecule has 0 aliphatic heterocycles. The molecule has 0 atom stereocenters. The molecular formula is C37H44N4O4. The first-order chi connectivity index (χ1) is 21.6. The van der Waals surface area contributed by atoms with Crippen LogP contribution < -0.4 is 11.1 Å². The zero-order valence-corrected chi connectivity index (χ0v) is 26.5. The van der Waals surface area contributed by atoms with Gasteiger partial charge in [-0.3, -0.25) is 19.6 Å². The fraction of sp³-hybridized carbons (Fsp3) is 0.324. The van der Waals surface area contributed by atoms with E-state index in [4.69, 9.17) is 10.5 Å². The Bertz CT molecular complexity index is 1470. The van der Waals surface area contributed by atoms with Gasteiger partial charge >= 0.3 is 6.09 Å². The normalized spacial score (nSPS) is 10.8. The summed E-state index contributed by atoms with van der Waals surface area (Å²) in [6.07, 6.45) is 9.78. The van der Waals surface area contributed by atoms with Gasteiger partial charge in [-0.1, -0.05) is 48.5 Å². The number of amides is 1. The lowest BCUT2D eigenvalue weighted by molar-refractivity contribution is -0.118. The second-order valence-corrected chi connectivity index (χ2v) is 11.8. The lowest BCUT2D eigenvalue weighted by atomic mass is 10.0. The molecule has 0 unspecified atom stereocenters. The van der Waals surface area contributed by atoms with Gasteiger partial charge in [0, 0.05) is 57.0 Å². The maximum atomic E-state index is 12.1. The van der Waals surface area contributed by atoms with Gasteiger partial charge in [-0.25, -0.2) is 4.79 Å². The topological polar surface area (TPSA) is 124 Å². The summed E-state index contributed by atoms with van der Waals surface area (Å²) < 4.78 is 5.20.